The lowest BCUT2D eigenvalue weighted by Gasteiger charge is -2.32. The molecule has 0 unspecified atom stereocenters. The Bertz CT molecular complexity index is 1150. The minimum atomic E-state index is -0.662. The molecule has 0 spiro atoms. The molecule has 1 N–H and O–H groups in total. The first-order valence-electron chi connectivity index (χ1n) is 12.3. The van der Waals surface area contributed by atoms with Crippen molar-refractivity contribution in [2.24, 2.45) is 0 Å². The Balaban J connectivity index is 1.87. The van der Waals surface area contributed by atoms with Crippen molar-refractivity contribution in [1.82, 2.24) is 4.57 Å². The molecule has 1 aliphatic heterocycles. The van der Waals surface area contributed by atoms with Crippen LogP contribution in [0.25, 0.3) is 10.9 Å². The predicted molar refractivity (Wildman–Crippen MR) is 142 cm³/mol. The second kappa shape index (κ2) is 9.59. The summed E-state index contributed by atoms with van der Waals surface area (Å²) < 4.78 is 24.4. The molecule has 0 aliphatic carbocycles. The molecule has 1 saturated heterocycles. The second-order valence-corrected chi connectivity index (χ2v) is 12.1. The standard InChI is InChI=1S/C27H39BN2O6/c1-24(2,3)33-22(31)29-20-17-30(23(32)34-25(4,5)6)21-14-13-18(16-19(20)21)12-11-15-28-35-26(7,8)27(9,10)36-28/h11,13-17H,12H2,1-10H3,(H,29,31)/b15-11+. The number of hydrogen-bond acceptors (Lipinski definition) is 6. The zero-order valence-electron chi connectivity index (χ0n) is 23.1. The molecule has 3 rings (SSSR count). The van der Waals surface area contributed by atoms with Crippen LogP contribution in [-0.4, -0.2) is 46.3 Å². The Kier molecular flexibility index (Phi) is 7.41. The fraction of sp³-hybridized carbons (Fsp3) is 0.556. The lowest BCUT2D eigenvalue weighted by Crippen LogP contribution is -2.41. The van der Waals surface area contributed by atoms with Gasteiger partial charge in [0.25, 0.3) is 0 Å². The number of carbonyl (C=O) groups is 2. The lowest BCUT2D eigenvalue weighted by atomic mass is 9.89. The Morgan fingerprint density at radius 2 is 1.58 bits per heavy atom. The van der Waals surface area contributed by atoms with Gasteiger partial charge in [0.05, 0.1) is 22.4 Å². The Hall–Kier alpha value is -2.78. The molecule has 1 amide bonds. The normalized spacial score (nSPS) is 17.6. The quantitative estimate of drug-likeness (QED) is 0.484. The van der Waals surface area contributed by atoms with Gasteiger partial charge in [0.2, 0.25) is 0 Å². The van der Waals surface area contributed by atoms with Gasteiger partial charge < -0.3 is 18.8 Å². The van der Waals surface area contributed by atoms with Gasteiger partial charge in [-0.25, -0.2) is 9.59 Å². The molecule has 9 heteroatoms. The summed E-state index contributed by atoms with van der Waals surface area (Å²) >= 11 is 0. The fourth-order valence-electron chi connectivity index (χ4n) is 3.66. The zero-order valence-corrected chi connectivity index (χ0v) is 23.1. The third-order valence-electron chi connectivity index (χ3n) is 6.01. The van der Waals surface area contributed by atoms with E-state index in [-0.39, 0.29) is 0 Å². The van der Waals surface area contributed by atoms with Crippen LogP contribution in [0.5, 0.6) is 0 Å². The van der Waals surface area contributed by atoms with Gasteiger partial charge in [-0.05, 0) is 93.4 Å². The van der Waals surface area contributed by atoms with Gasteiger partial charge in [-0.15, -0.1) is 0 Å². The Morgan fingerprint density at radius 3 is 2.14 bits per heavy atom. The summed E-state index contributed by atoms with van der Waals surface area (Å²) in [5, 5.41) is 3.48. The third kappa shape index (κ3) is 6.71. The molecule has 1 aromatic carbocycles. The van der Waals surface area contributed by atoms with Crippen LogP contribution < -0.4 is 5.32 Å². The van der Waals surface area contributed by atoms with Gasteiger partial charge in [-0.1, -0.05) is 18.1 Å². The summed E-state index contributed by atoms with van der Waals surface area (Å²) in [6.07, 6.45) is 3.04. The van der Waals surface area contributed by atoms with Gasteiger partial charge in [0.1, 0.15) is 11.2 Å². The van der Waals surface area contributed by atoms with Crippen LogP contribution in [0.3, 0.4) is 0 Å². The Morgan fingerprint density at radius 1 is 1.00 bits per heavy atom. The number of anilines is 1. The number of nitrogens with one attached hydrogen (secondary N) is 1. The molecule has 0 atom stereocenters. The third-order valence-corrected chi connectivity index (χ3v) is 6.01. The molecule has 0 saturated carbocycles. The Labute approximate surface area is 214 Å². The summed E-state index contributed by atoms with van der Waals surface area (Å²) in [6, 6.07) is 5.73. The van der Waals surface area contributed by atoms with E-state index in [1.54, 1.807) is 47.7 Å². The zero-order chi connectivity index (χ0) is 27.1. The highest BCUT2D eigenvalue weighted by molar-refractivity contribution is 6.51. The number of rotatable bonds is 4. The van der Waals surface area contributed by atoms with Crippen molar-refractivity contribution >= 4 is 35.9 Å². The van der Waals surface area contributed by atoms with E-state index in [0.29, 0.717) is 23.0 Å². The number of carbonyl (C=O) groups excluding carboxylic acids is 2. The summed E-state index contributed by atoms with van der Waals surface area (Å²) in [5.41, 5.74) is -0.0382. The molecule has 8 nitrogen and oxygen atoms in total. The number of allylic oxidation sites excluding steroid dienone is 1. The van der Waals surface area contributed by atoms with E-state index < -0.39 is 41.7 Å². The highest BCUT2D eigenvalue weighted by atomic mass is 16.7. The van der Waals surface area contributed by atoms with Crippen molar-refractivity contribution in [1.29, 1.82) is 0 Å². The van der Waals surface area contributed by atoms with Crippen molar-refractivity contribution in [2.75, 3.05) is 5.32 Å². The number of ether oxygens (including phenoxy) is 2. The SMILES string of the molecule is CC(C)(C)OC(=O)Nc1cn(C(=O)OC(C)(C)C)c2ccc(C/C=C/B3OC(C)(C)C(C)(C)O3)cc12. The van der Waals surface area contributed by atoms with E-state index in [0.717, 1.165) is 5.56 Å². The minimum absolute atomic E-state index is 0.395. The van der Waals surface area contributed by atoms with Crippen LogP contribution in [0, 0.1) is 0 Å². The van der Waals surface area contributed by atoms with E-state index in [4.69, 9.17) is 18.8 Å². The molecule has 2 heterocycles. The van der Waals surface area contributed by atoms with Crippen molar-refractivity contribution in [3.05, 3.63) is 42.0 Å². The van der Waals surface area contributed by atoms with Gasteiger partial charge >= 0.3 is 19.3 Å². The van der Waals surface area contributed by atoms with Crippen LogP contribution in [0.15, 0.2) is 36.4 Å². The molecule has 36 heavy (non-hydrogen) atoms. The first kappa shape index (κ1) is 27.8. The maximum Gasteiger partial charge on any atom is 0.486 e. The van der Waals surface area contributed by atoms with Gasteiger partial charge in [-0.2, -0.15) is 0 Å². The monoisotopic (exact) mass is 498 g/mol. The van der Waals surface area contributed by atoms with Crippen LogP contribution in [0.4, 0.5) is 15.3 Å². The number of nitrogens with zero attached hydrogens (tertiary/aromatic N) is 1. The molecule has 2 aromatic rings. The van der Waals surface area contributed by atoms with Crippen LogP contribution in [0.2, 0.25) is 0 Å². The average molecular weight is 498 g/mol. The molecular weight excluding hydrogens is 459 g/mol. The molecule has 196 valence electrons. The summed E-state index contributed by atoms with van der Waals surface area (Å²) in [7, 11) is -0.420. The maximum atomic E-state index is 12.9. The molecule has 1 aromatic heterocycles. The topological polar surface area (TPSA) is 88.0 Å². The summed E-state index contributed by atoms with van der Waals surface area (Å²) in [4.78, 5) is 25.4. The molecule has 0 radical (unpaired) electrons. The van der Waals surface area contributed by atoms with E-state index >= 15 is 0 Å². The second-order valence-electron chi connectivity index (χ2n) is 12.1. The number of benzene rings is 1. The molecule has 1 fully saturated rings. The van der Waals surface area contributed by atoms with E-state index in [1.807, 2.05) is 57.9 Å². The smallest absolute Gasteiger partial charge is 0.444 e. The molecule has 0 bridgehead atoms. The van der Waals surface area contributed by atoms with Crippen molar-refractivity contribution in [3.8, 4) is 0 Å². The van der Waals surface area contributed by atoms with Gasteiger partial charge in [-0.3, -0.25) is 9.88 Å². The van der Waals surface area contributed by atoms with Crippen LogP contribution in [0.1, 0.15) is 74.8 Å². The van der Waals surface area contributed by atoms with Gasteiger partial charge in [0.15, 0.2) is 0 Å². The number of aromatic nitrogens is 1. The number of hydrogen-bond donors (Lipinski definition) is 1. The number of amides is 1. The fourth-order valence-corrected chi connectivity index (χ4v) is 3.66. The molecular formula is C27H39BN2O6. The first-order chi connectivity index (χ1) is 16.4. The van der Waals surface area contributed by atoms with E-state index in [1.165, 1.54) is 4.57 Å². The van der Waals surface area contributed by atoms with Crippen molar-refractivity contribution < 1.29 is 28.4 Å². The first-order valence-corrected chi connectivity index (χ1v) is 12.3. The van der Waals surface area contributed by atoms with E-state index in [2.05, 4.69) is 5.32 Å². The van der Waals surface area contributed by atoms with Gasteiger partial charge in [0, 0.05) is 11.6 Å². The van der Waals surface area contributed by atoms with Crippen molar-refractivity contribution in [3.63, 3.8) is 0 Å². The predicted octanol–water partition coefficient (Wildman–Crippen LogP) is 6.50. The summed E-state index contributed by atoms with van der Waals surface area (Å²) in [6.45, 7) is 18.9. The minimum Gasteiger partial charge on any atom is -0.444 e. The highest BCUT2D eigenvalue weighted by Gasteiger charge is 2.49. The largest absolute Gasteiger partial charge is 0.486 e. The maximum absolute atomic E-state index is 12.9. The van der Waals surface area contributed by atoms with Crippen LogP contribution in [-0.2, 0) is 25.2 Å². The highest BCUT2D eigenvalue weighted by Crippen LogP contribution is 2.37. The van der Waals surface area contributed by atoms with E-state index in [9.17, 15) is 9.59 Å². The lowest BCUT2D eigenvalue weighted by molar-refractivity contribution is 0.00578. The van der Waals surface area contributed by atoms with Crippen LogP contribution >= 0.6 is 0 Å². The average Bonchev–Trinajstić information content (AvgIpc) is 3.12. The molecule has 1 aliphatic rings. The number of fused-ring (bicyclic) bond motifs is 1. The van der Waals surface area contributed by atoms with Crippen molar-refractivity contribution in [2.45, 2.75) is 98.1 Å². The summed E-state index contributed by atoms with van der Waals surface area (Å²) in [5.74, 6) is 1.91.